The van der Waals surface area contributed by atoms with Crippen molar-refractivity contribution in [2.75, 3.05) is 0 Å². The summed E-state index contributed by atoms with van der Waals surface area (Å²) < 4.78 is 0. The molecule has 0 bridgehead atoms. The second-order valence-corrected chi connectivity index (χ2v) is 3.01. The molecule has 1 aromatic carbocycles. The van der Waals surface area contributed by atoms with Gasteiger partial charge in [0.1, 0.15) is 0 Å². The van der Waals surface area contributed by atoms with Crippen molar-refractivity contribution in [3.05, 3.63) is 48.6 Å². The molecule has 1 nitrogen and oxygen atoms in total. The number of hydrogen-bond acceptors (Lipinski definition) is 1. The fourth-order valence-electron chi connectivity index (χ4n) is 1.21. The van der Waals surface area contributed by atoms with Crippen LogP contribution in [-0.2, 0) is 11.2 Å². The lowest BCUT2D eigenvalue weighted by Gasteiger charge is -1.98. The van der Waals surface area contributed by atoms with Crippen LogP contribution in [0.25, 0.3) is 0 Å². The molecule has 0 radical (unpaired) electrons. The number of ketones is 1. The lowest BCUT2D eigenvalue weighted by atomic mass is 10.1. The second kappa shape index (κ2) is 5.31. The van der Waals surface area contributed by atoms with E-state index in [1.54, 1.807) is 0 Å². The van der Waals surface area contributed by atoms with Crippen molar-refractivity contribution in [2.45, 2.75) is 19.3 Å². The maximum Gasteiger partial charge on any atom is 0.155 e. The summed E-state index contributed by atoms with van der Waals surface area (Å²) in [5.41, 5.74) is 1.29. The number of aryl methyl sites for hydroxylation is 1. The lowest BCUT2D eigenvalue weighted by molar-refractivity contribution is -0.114. The summed E-state index contributed by atoms with van der Waals surface area (Å²) in [6, 6.07) is 10.2. The summed E-state index contributed by atoms with van der Waals surface area (Å²) in [6.07, 6.45) is 3.89. The Bertz CT molecular complexity index is 274. The van der Waals surface area contributed by atoms with Gasteiger partial charge in [0.25, 0.3) is 0 Å². The normalized spacial score (nSPS) is 9.54. The number of allylic oxidation sites excluding steroid dienone is 1. The fraction of sp³-hybridized carbons (Fsp3) is 0.250. The van der Waals surface area contributed by atoms with Gasteiger partial charge in [-0.3, -0.25) is 4.79 Å². The molecule has 1 aromatic rings. The van der Waals surface area contributed by atoms with Gasteiger partial charge < -0.3 is 0 Å². The molecule has 0 atom stereocenters. The first-order chi connectivity index (χ1) is 6.33. The standard InChI is InChI=1S/C12H14O/c1-2-12(13)10-6-9-11-7-4-3-5-8-11/h2-5,7-8H,1,6,9-10H2. The van der Waals surface area contributed by atoms with Crippen LogP contribution in [0.2, 0.25) is 0 Å². The molecule has 0 aliphatic carbocycles. The highest BCUT2D eigenvalue weighted by Gasteiger charge is 1.96. The van der Waals surface area contributed by atoms with E-state index in [0.29, 0.717) is 6.42 Å². The van der Waals surface area contributed by atoms with Gasteiger partial charge in [-0.2, -0.15) is 0 Å². The van der Waals surface area contributed by atoms with Crippen LogP contribution in [0.4, 0.5) is 0 Å². The number of carbonyl (C=O) groups is 1. The van der Waals surface area contributed by atoms with Gasteiger partial charge in [0.2, 0.25) is 0 Å². The van der Waals surface area contributed by atoms with Crippen LogP contribution in [0.1, 0.15) is 18.4 Å². The van der Waals surface area contributed by atoms with Crippen LogP contribution in [0, 0.1) is 0 Å². The zero-order valence-electron chi connectivity index (χ0n) is 7.70. The molecule has 0 saturated heterocycles. The number of rotatable bonds is 5. The molecular weight excluding hydrogens is 160 g/mol. The molecule has 0 aliphatic rings. The number of carbonyl (C=O) groups excluding carboxylic acids is 1. The van der Waals surface area contributed by atoms with Crippen molar-refractivity contribution < 1.29 is 4.79 Å². The van der Waals surface area contributed by atoms with Gasteiger partial charge in [-0.05, 0) is 24.5 Å². The third-order valence-corrected chi connectivity index (χ3v) is 1.96. The molecule has 0 N–H and O–H groups in total. The molecule has 0 amide bonds. The topological polar surface area (TPSA) is 17.1 Å². The minimum atomic E-state index is 0.135. The third kappa shape index (κ3) is 3.70. The van der Waals surface area contributed by atoms with Crippen molar-refractivity contribution in [1.82, 2.24) is 0 Å². The maximum absolute atomic E-state index is 10.9. The third-order valence-electron chi connectivity index (χ3n) is 1.96. The second-order valence-electron chi connectivity index (χ2n) is 3.01. The molecule has 0 fully saturated rings. The zero-order valence-corrected chi connectivity index (χ0v) is 7.70. The van der Waals surface area contributed by atoms with Crippen LogP contribution in [0.15, 0.2) is 43.0 Å². The van der Waals surface area contributed by atoms with E-state index < -0.39 is 0 Å². The molecule has 1 rings (SSSR count). The first-order valence-corrected chi connectivity index (χ1v) is 4.52. The Morgan fingerprint density at radius 1 is 1.31 bits per heavy atom. The van der Waals surface area contributed by atoms with E-state index >= 15 is 0 Å². The predicted molar refractivity (Wildman–Crippen MR) is 54.6 cm³/mol. The van der Waals surface area contributed by atoms with E-state index in [0.717, 1.165) is 12.8 Å². The SMILES string of the molecule is C=CC(=O)CCCc1ccccc1. The van der Waals surface area contributed by atoms with Crippen molar-refractivity contribution in [3.8, 4) is 0 Å². The number of benzene rings is 1. The molecule has 1 heteroatoms. The van der Waals surface area contributed by atoms with E-state index in [4.69, 9.17) is 0 Å². The molecular formula is C12H14O. The Balaban J connectivity index is 2.28. The monoisotopic (exact) mass is 174 g/mol. The lowest BCUT2D eigenvalue weighted by Crippen LogP contribution is -1.93. The quantitative estimate of drug-likeness (QED) is 0.627. The Kier molecular flexibility index (Phi) is 3.97. The largest absolute Gasteiger partial charge is 0.295 e. The molecule has 0 aromatic heterocycles. The Labute approximate surface area is 79.1 Å². The van der Waals surface area contributed by atoms with E-state index in [9.17, 15) is 4.79 Å². The molecule has 0 spiro atoms. The predicted octanol–water partition coefficient (Wildman–Crippen LogP) is 2.76. The zero-order chi connectivity index (χ0) is 9.52. The summed E-state index contributed by atoms with van der Waals surface area (Å²) in [5.74, 6) is 0.135. The van der Waals surface area contributed by atoms with E-state index in [1.165, 1.54) is 11.6 Å². The van der Waals surface area contributed by atoms with Gasteiger partial charge in [0.05, 0.1) is 0 Å². The summed E-state index contributed by atoms with van der Waals surface area (Å²) >= 11 is 0. The Hall–Kier alpha value is -1.37. The minimum absolute atomic E-state index is 0.135. The average molecular weight is 174 g/mol. The minimum Gasteiger partial charge on any atom is -0.295 e. The summed E-state index contributed by atoms with van der Waals surface area (Å²) in [5, 5.41) is 0. The van der Waals surface area contributed by atoms with Gasteiger partial charge in [0, 0.05) is 6.42 Å². The van der Waals surface area contributed by atoms with E-state index in [1.807, 2.05) is 18.2 Å². The van der Waals surface area contributed by atoms with Crippen LogP contribution >= 0.6 is 0 Å². The van der Waals surface area contributed by atoms with Crippen molar-refractivity contribution in [1.29, 1.82) is 0 Å². The summed E-state index contributed by atoms with van der Waals surface area (Å²) in [6.45, 7) is 3.44. The van der Waals surface area contributed by atoms with Gasteiger partial charge in [-0.1, -0.05) is 36.9 Å². The highest BCUT2D eigenvalue weighted by molar-refractivity contribution is 5.88. The van der Waals surface area contributed by atoms with E-state index in [2.05, 4.69) is 18.7 Å². The van der Waals surface area contributed by atoms with Gasteiger partial charge >= 0.3 is 0 Å². The summed E-state index contributed by atoms with van der Waals surface area (Å²) in [4.78, 5) is 10.9. The summed E-state index contributed by atoms with van der Waals surface area (Å²) in [7, 11) is 0. The van der Waals surface area contributed by atoms with Crippen LogP contribution in [-0.4, -0.2) is 5.78 Å². The number of hydrogen-bond donors (Lipinski definition) is 0. The molecule has 0 aliphatic heterocycles. The molecule has 0 heterocycles. The first kappa shape index (κ1) is 9.72. The van der Waals surface area contributed by atoms with Crippen molar-refractivity contribution >= 4 is 5.78 Å². The Morgan fingerprint density at radius 3 is 2.62 bits per heavy atom. The molecule has 0 saturated carbocycles. The van der Waals surface area contributed by atoms with E-state index in [-0.39, 0.29) is 5.78 Å². The van der Waals surface area contributed by atoms with Crippen LogP contribution in [0.3, 0.4) is 0 Å². The maximum atomic E-state index is 10.9. The van der Waals surface area contributed by atoms with Crippen molar-refractivity contribution in [2.24, 2.45) is 0 Å². The van der Waals surface area contributed by atoms with Crippen molar-refractivity contribution in [3.63, 3.8) is 0 Å². The Morgan fingerprint density at radius 2 is 2.00 bits per heavy atom. The highest BCUT2D eigenvalue weighted by Crippen LogP contribution is 2.04. The smallest absolute Gasteiger partial charge is 0.155 e. The molecule has 0 unspecified atom stereocenters. The van der Waals surface area contributed by atoms with Crippen LogP contribution in [0.5, 0.6) is 0 Å². The van der Waals surface area contributed by atoms with Gasteiger partial charge in [0.15, 0.2) is 5.78 Å². The van der Waals surface area contributed by atoms with Gasteiger partial charge in [-0.25, -0.2) is 0 Å². The highest BCUT2D eigenvalue weighted by atomic mass is 16.1. The van der Waals surface area contributed by atoms with Gasteiger partial charge in [-0.15, -0.1) is 0 Å². The molecule has 13 heavy (non-hydrogen) atoms. The average Bonchev–Trinajstić information content (AvgIpc) is 2.19. The fourth-order valence-corrected chi connectivity index (χ4v) is 1.21. The van der Waals surface area contributed by atoms with Crippen LogP contribution < -0.4 is 0 Å². The molecule has 68 valence electrons. The first-order valence-electron chi connectivity index (χ1n) is 4.52.